The Kier molecular flexibility index (Phi) is 22.2. The number of hydrogen-bond acceptors (Lipinski definition) is 23. The van der Waals surface area contributed by atoms with E-state index in [0.29, 0.717) is 177 Å². The molecule has 10 aliphatic rings. The number of pyridine rings is 4. The molecule has 7 aromatic heterocycles. The number of ether oxygens (including phenoxy) is 2. The minimum absolute atomic E-state index is 0.0238. The molecule has 2 N–H and O–H groups in total. The number of rotatable bonds is 15. The van der Waals surface area contributed by atoms with Crippen molar-refractivity contribution in [1.82, 2.24) is 34.8 Å². The number of nitriles is 2. The summed E-state index contributed by atoms with van der Waals surface area (Å²) in [5.74, 6) is -0.487. The second-order valence-corrected chi connectivity index (χ2v) is 36.3. The summed E-state index contributed by atoms with van der Waals surface area (Å²) in [4.78, 5) is 113. The lowest BCUT2D eigenvalue weighted by atomic mass is 9.85. The van der Waals surface area contributed by atoms with Gasteiger partial charge < -0.3 is 39.5 Å². The van der Waals surface area contributed by atoms with E-state index in [1.54, 1.807) is 48.9 Å². The summed E-state index contributed by atoms with van der Waals surface area (Å²) in [6.45, 7) is 1.42. The first-order chi connectivity index (χ1) is 62.2. The highest BCUT2D eigenvalue weighted by molar-refractivity contribution is 7.16. The van der Waals surface area contributed by atoms with Gasteiger partial charge in [-0.2, -0.15) is 25.4 Å². The molecule has 5 fully saturated rings. The van der Waals surface area contributed by atoms with Crippen LogP contribution in [0.1, 0.15) is 173 Å². The Morgan fingerprint density at radius 3 is 1.47 bits per heavy atom. The van der Waals surface area contributed by atoms with Crippen molar-refractivity contribution < 1.29 is 48.3 Å². The third-order valence-electron chi connectivity index (χ3n) is 27.7. The molecule has 28 heteroatoms. The maximum Gasteiger partial charge on any atom is 0.230 e. The molecule has 4 aromatic carbocycles. The highest BCUT2D eigenvalue weighted by atomic mass is 32.1. The maximum absolute atomic E-state index is 16.1. The fourth-order valence-corrected chi connectivity index (χ4v) is 21.4. The molecule has 4 saturated carbocycles. The number of nitrogens with zero attached hydrogens (tertiary/aromatic N) is 16. The van der Waals surface area contributed by atoms with Crippen LogP contribution in [0.4, 0.5) is 68.8 Å². The molecule has 1 saturated heterocycles. The molecule has 2 unspecified atom stereocenters. The number of methoxy groups -OCH3 is 1. The number of hydrogen-bond donors (Lipinski definition) is 2. The average molecular weight is 1720 g/mol. The topological polar surface area (TPSA) is 299 Å². The van der Waals surface area contributed by atoms with E-state index < -0.39 is 17.6 Å². The summed E-state index contributed by atoms with van der Waals surface area (Å²) in [5.41, 5.74) is 14.7. The van der Waals surface area contributed by atoms with Crippen LogP contribution in [0.15, 0.2) is 189 Å². The quantitative estimate of drug-likeness (QED) is 0.0963. The number of benzene rings is 4. The fourth-order valence-electron chi connectivity index (χ4n) is 20.6. The Hall–Kier alpha value is -12.6. The molecular weight excluding hydrogens is 1620 g/mol. The van der Waals surface area contributed by atoms with E-state index in [1.807, 2.05) is 156 Å². The fraction of sp³-hybridized carbons (Fsp3) is 0.374. The number of allylic oxidation sites excluding steroid dienone is 2. The van der Waals surface area contributed by atoms with Crippen molar-refractivity contribution in [3.63, 3.8) is 0 Å². The molecule has 644 valence electrons. The SMILES string of the molecule is CO[C@H]1CC[C@@H](C(=O)N2Cc3cccnc3N(O[C@H]3CC[C@H](C(=O)N4Cc5cccnc5N(O[C@H]5CC[C@H](C(=O)N6Cc7cccnc7N(O[C@H]7CC[C@H](C(=O)N8Cc9cccnc9Nc9ccc(C%10(O)CCCO%10)cc98)CC7)c7ccc(-c8cnn9ncccc89)cc76)CC5)c5ccc(-c6ccc(C#N)s6)cc54)CC3)c3ccc(C4=CCC(C#N)CC4)cc32)CC1. The molecule has 0 radical (unpaired) electrons. The molecule has 2 atom stereocenters. The minimum Gasteiger partial charge on any atom is -0.381 e. The molecule has 27 nitrogen and oxygen atoms in total. The van der Waals surface area contributed by atoms with Gasteiger partial charge in [0.2, 0.25) is 23.6 Å². The third-order valence-corrected chi connectivity index (χ3v) is 28.7. The largest absolute Gasteiger partial charge is 0.381 e. The monoisotopic (exact) mass is 1720 g/mol. The molecule has 127 heavy (non-hydrogen) atoms. The van der Waals surface area contributed by atoms with Gasteiger partial charge in [0.05, 0.1) is 126 Å². The standard InChI is InChI=1S/C99H97N17O10S/c1-122-75-29-17-63(18-30-75)96(118)110-58-71-9-3-45-103-92(71)113(83-39-25-67(50-87(83)110)62-15-13-61(54-100)14-16-62)124-77-35-23-66(24-36-77)98(120)112-60-73-11-5-47-105-94(73)115(85-41-27-69(52-89(85)112)90-42-37-79(55-101)127-90)126-78-33-21-65(22-34-78)97(119)111-59-72-10-4-46-104-93(72)114(84-40-26-68(51-88(84)111)80-56-107-116-82(80)12-6-48-106-116)125-76-31-19-64(20-32-76)95(117)109-57-70-8-2-44-102-91(70)108-81-38-28-74(53-86(81)109)99(121)43-7-49-123-99/h2-6,8-12,15,25-28,37-42,44-48,50-53,56,61,63-66,75-78,121H,7,13-14,16-24,29-36,43,49,57-60H2,1H3,(H,102,108)/t61?,63-,64-,65-,66-,75+,76-,77-,78-,99?. The van der Waals surface area contributed by atoms with E-state index in [-0.39, 0.29) is 85.4 Å². The van der Waals surface area contributed by atoms with Crippen molar-refractivity contribution in [3.8, 4) is 33.7 Å². The number of anilines is 12. The van der Waals surface area contributed by atoms with E-state index in [4.69, 9.17) is 38.9 Å². The first-order valence-corrected chi connectivity index (χ1v) is 45.6. The number of fused-ring (bicyclic) bond motifs is 9. The molecule has 0 bridgehead atoms. The van der Waals surface area contributed by atoms with Gasteiger partial charge in [0.1, 0.15) is 16.8 Å². The van der Waals surface area contributed by atoms with Gasteiger partial charge in [-0.25, -0.2) is 35.1 Å². The summed E-state index contributed by atoms with van der Waals surface area (Å²) < 4.78 is 13.2. The van der Waals surface area contributed by atoms with Crippen molar-refractivity contribution in [3.05, 3.63) is 227 Å². The van der Waals surface area contributed by atoms with Crippen LogP contribution < -0.4 is 40.1 Å². The lowest BCUT2D eigenvalue weighted by Gasteiger charge is -2.36. The zero-order chi connectivity index (χ0) is 86.0. The van der Waals surface area contributed by atoms with Gasteiger partial charge in [0.15, 0.2) is 23.2 Å². The van der Waals surface area contributed by atoms with Crippen LogP contribution in [0.25, 0.3) is 32.7 Å². The smallest absolute Gasteiger partial charge is 0.230 e. The highest BCUT2D eigenvalue weighted by Gasteiger charge is 2.45. The summed E-state index contributed by atoms with van der Waals surface area (Å²) >= 11 is 1.39. The van der Waals surface area contributed by atoms with Crippen molar-refractivity contribution >= 4 is 115 Å². The van der Waals surface area contributed by atoms with Crippen LogP contribution in [0.3, 0.4) is 0 Å². The first-order valence-electron chi connectivity index (χ1n) is 44.8. The molecule has 4 amide bonds. The highest BCUT2D eigenvalue weighted by Crippen LogP contribution is 2.52. The van der Waals surface area contributed by atoms with Crippen molar-refractivity contribution in [1.29, 1.82) is 10.5 Å². The van der Waals surface area contributed by atoms with E-state index in [9.17, 15) is 15.6 Å². The Balaban J connectivity index is 0.536. The van der Waals surface area contributed by atoms with Crippen molar-refractivity contribution in [2.45, 2.75) is 191 Å². The van der Waals surface area contributed by atoms with Gasteiger partial charge in [-0.1, -0.05) is 54.6 Å². The Morgan fingerprint density at radius 1 is 0.496 bits per heavy atom. The van der Waals surface area contributed by atoms with Crippen LogP contribution in [0, 0.1) is 52.3 Å². The van der Waals surface area contributed by atoms with Gasteiger partial charge in [-0.05, 0) is 248 Å². The first kappa shape index (κ1) is 81.4. The minimum atomic E-state index is -1.45. The second-order valence-electron chi connectivity index (χ2n) is 35.3. The maximum atomic E-state index is 16.1. The summed E-state index contributed by atoms with van der Waals surface area (Å²) in [7, 11) is 1.75. The number of amides is 4. The third kappa shape index (κ3) is 15.7. The Bertz CT molecular complexity index is 6200. The molecule has 5 aliphatic carbocycles. The zero-order valence-electron chi connectivity index (χ0n) is 70.7. The lowest BCUT2D eigenvalue weighted by molar-refractivity contribution is -0.179. The second kappa shape index (κ2) is 34.6. The number of aliphatic hydroxyl groups is 1. The van der Waals surface area contributed by atoms with Crippen LogP contribution in [0.5, 0.6) is 0 Å². The van der Waals surface area contributed by atoms with Gasteiger partial charge in [-0.3, -0.25) is 33.7 Å². The van der Waals surface area contributed by atoms with E-state index >= 15 is 19.2 Å². The molecule has 21 rings (SSSR count). The predicted molar refractivity (Wildman–Crippen MR) is 480 cm³/mol. The van der Waals surface area contributed by atoms with Crippen LogP contribution in [-0.4, -0.2) is 102 Å². The van der Waals surface area contributed by atoms with Crippen LogP contribution >= 0.6 is 11.3 Å². The molecule has 11 aromatic rings. The van der Waals surface area contributed by atoms with E-state index in [0.717, 1.165) is 111 Å². The van der Waals surface area contributed by atoms with E-state index in [1.165, 1.54) is 11.3 Å². The summed E-state index contributed by atoms with van der Waals surface area (Å²) in [6.07, 6.45) is 24.6. The molecule has 0 spiro atoms. The number of nitrogens with one attached hydrogen (secondary N) is 1. The molecule has 12 heterocycles. The average Bonchev–Trinajstić information content (AvgIpc) is 1.64. The van der Waals surface area contributed by atoms with Crippen LogP contribution in [-0.2, 0) is 75.1 Å². The van der Waals surface area contributed by atoms with Gasteiger partial charge in [-0.15, -0.1) is 11.3 Å². The normalized spacial score (nSPS) is 23.8. The summed E-state index contributed by atoms with van der Waals surface area (Å²) in [5, 5.41) is 49.6. The predicted octanol–water partition coefficient (Wildman–Crippen LogP) is 18.6. The Labute approximate surface area is 739 Å². The number of thiophene rings is 1. The summed E-state index contributed by atoms with van der Waals surface area (Å²) in [6, 6.07) is 52.0. The van der Waals surface area contributed by atoms with Crippen molar-refractivity contribution in [2.24, 2.45) is 29.6 Å². The number of carbonyl (C=O) groups is 4. The zero-order valence-corrected chi connectivity index (χ0v) is 71.5. The van der Waals surface area contributed by atoms with Gasteiger partial charge in [0, 0.05) is 106 Å². The Morgan fingerprint density at radius 2 is 0.976 bits per heavy atom. The number of carbonyl (C=O) groups excluding carboxylic acids is 4. The van der Waals surface area contributed by atoms with Crippen molar-refractivity contribution in [2.75, 3.05) is 53.8 Å². The molecule has 5 aliphatic heterocycles. The van der Waals surface area contributed by atoms with Gasteiger partial charge in [0.25, 0.3) is 0 Å². The van der Waals surface area contributed by atoms with Gasteiger partial charge >= 0.3 is 0 Å². The van der Waals surface area contributed by atoms with E-state index in [2.05, 4.69) is 63.0 Å². The molecular formula is C99H97N17O10S. The number of aromatic nitrogens is 7. The lowest BCUT2D eigenvalue weighted by Crippen LogP contribution is -2.40. The van der Waals surface area contributed by atoms with Crippen LogP contribution in [0.2, 0.25) is 0 Å².